The van der Waals surface area contributed by atoms with Gasteiger partial charge in [-0.3, -0.25) is 0 Å². The number of hydrogen-bond donors (Lipinski definition) is 1. The van der Waals surface area contributed by atoms with Crippen molar-refractivity contribution in [3.63, 3.8) is 0 Å². The van der Waals surface area contributed by atoms with E-state index in [0.29, 0.717) is 0 Å². The van der Waals surface area contributed by atoms with E-state index in [1.807, 2.05) is 31.2 Å². The van der Waals surface area contributed by atoms with Gasteiger partial charge in [-0.25, -0.2) is 8.42 Å². The first kappa shape index (κ1) is 17.0. The van der Waals surface area contributed by atoms with E-state index in [-0.39, 0.29) is 11.8 Å². The first-order valence-corrected chi connectivity index (χ1v) is 8.46. The Bertz CT molecular complexity index is 515. The highest BCUT2D eigenvalue weighted by Crippen LogP contribution is 2.24. The van der Waals surface area contributed by atoms with Crippen LogP contribution in [-0.2, 0) is 9.84 Å². The summed E-state index contributed by atoms with van der Waals surface area (Å²) in [6.45, 7) is 7.90. The van der Waals surface area contributed by atoms with Crippen molar-refractivity contribution < 1.29 is 13.2 Å². The minimum atomic E-state index is -3.18. The van der Waals surface area contributed by atoms with Crippen molar-refractivity contribution in [2.24, 2.45) is 0 Å². The van der Waals surface area contributed by atoms with Crippen molar-refractivity contribution in [1.82, 2.24) is 5.32 Å². The molecule has 1 N–H and O–H groups in total. The van der Waals surface area contributed by atoms with Gasteiger partial charge in [0.25, 0.3) is 0 Å². The number of methoxy groups -OCH3 is 1. The van der Waals surface area contributed by atoms with Crippen LogP contribution in [0.4, 0.5) is 0 Å². The zero-order chi connectivity index (χ0) is 15.4. The predicted molar refractivity (Wildman–Crippen MR) is 83.0 cm³/mol. The van der Waals surface area contributed by atoms with Crippen LogP contribution in [0, 0.1) is 0 Å². The Balaban J connectivity index is 3.00. The van der Waals surface area contributed by atoms with E-state index in [0.717, 1.165) is 17.9 Å². The van der Waals surface area contributed by atoms with Crippen molar-refractivity contribution >= 4 is 9.84 Å². The van der Waals surface area contributed by atoms with E-state index in [1.54, 1.807) is 27.9 Å². The number of benzene rings is 1. The number of sulfone groups is 1. The highest BCUT2D eigenvalue weighted by molar-refractivity contribution is 7.92. The van der Waals surface area contributed by atoms with Gasteiger partial charge >= 0.3 is 0 Å². The summed E-state index contributed by atoms with van der Waals surface area (Å²) in [7, 11) is -1.56. The molecule has 1 rings (SSSR count). The Morgan fingerprint density at radius 1 is 1.20 bits per heavy atom. The molecule has 0 saturated carbocycles. The molecular formula is C15H25NO3S. The van der Waals surface area contributed by atoms with Gasteiger partial charge in [-0.1, -0.05) is 19.1 Å². The van der Waals surface area contributed by atoms with E-state index in [9.17, 15) is 8.42 Å². The van der Waals surface area contributed by atoms with Crippen LogP contribution in [-0.4, -0.2) is 32.6 Å². The first-order valence-electron chi connectivity index (χ1n) is 6.81. The van der Waals surface area contributed by atoms with Crippen molar-refractivity contribution in [3.8, 4) is 5.75 Å². The Labute approximate surface area is 122 Å². The fraction of sp³-hybridized carbons (Fsp3) is 0.600. The third-order valence-electron chi connectivity index (χ3n) is 3.29. The summed E-state index contributed by atoms with van der Waals surface area (Å²) in [6.07, 6.45) is 0. The maximum absolute atomic E-state index is 12.4. The molecular weight excluding hydrogens is 274 g/mol. The summed E-state index contributed by atoms with van der Waals surface area (Å²) in [4.78, 5) is 0. The maximum atomic E-state index is 12.4. The number of hydrogen-bond acceptors (Lipinski definition) is 4. The topological polar surface area (TPSA) is 55.4 Å². The first-order chi connectivity index (χ1) is 9.21. The van der Waals surface area contributed by atoms with Gasteiger partial charge in [-0.15, -0.1) is 0 Å². The largest absolute Gasteiger partial charge is 0.497 e. The lowest BCUT2D eigenvalue weighted by atomic mass is 10.1. The summed E-state index contributed by atoms with van der Waals surface area (Å²) in [5.41, 5.74) is 0.959. The molecule has 1 atom stereocenters. The van der Waals surface area contributed by atoms with Gasteiger partial charge in [0, 0.05) is 6.04 Å². The van der Waals surface area contributed by atoms with Gasteiger partial charge in [0.2, 0.25) is 0 Å². The molecule has 0 saturated heterocycles. The summed E-state index contributed by atoms with van der Waals surface area (Å²) in [5, 5.41) is 3.24. The molecule has 0 amide bonds. The van der Waals surface area contributed by atoms with Crippen molar-refractivity contribution in [1.29, 1.82) is 0 Å². The van der Waals surface area contributed by atoms with Crippen LogP contribution in [0.2, 0.25) is 0 Å². The zero-order valence-electron chi connectivity index (χ0n) is 12.9. The van der Waals surface area contributed by atoms with Crippen LogP contribution < -0.4 is 10.1 Å². The molecule has 0 aliphatic rings. The molecule has 0 radical (unpaired) electrons. The molecule has 5 heteroatoms. The molecule has 0 heterocycles. The Hall–Kier alpha value is -1.07. The second kappa shape index (κ2) is 6.59. The summed E-state index contributed by atoms with van der Waals surface area (Å²) in [6, 6.07) is 7.32. The SMILES string of the molecule is CCNC(CS(=O)(=O)C(C)(C)C)c1ccc(OC)cc1. The predicted octanol–water partition coefficient (Wildman–Crippen LogP) is 2.56. The standard InChI is InChI=1S/C15H25NO3S/c1-6-16-14(11-20(17,18)15(2,3)4)12-7-9-13(19-5)10-8-12/h7-10,14,16H,6,11H2,1-5H3. The molecule has 0 spiro atoms. The zero-order valence-corrected chi connectivity index (χ0v) is 13.8. The maximum Gasteiger partial charge on any atom is 0.157 e. The molecule has 0 bridgehead atoms. The molecule has 0 aliphatic carbocycles. The van der Waals surface area contributed by atoms with Gasteiger partial charge in [0.15, 0.2) is 9.84 Å². The summed E-state index contributed by atoms with van der Waals surface area (Å²) < 4.78 is 29.1. The third-order valence-corrected chi connectivity index (χ3v) is 5.93. The molecule has 1 aromatic rings. The minimum absolute atomic E-state index is 0.0939. The van der Waals surface area contributed by atoms with Crippen molar-refractivity contribution in [3.05, 3.63) is 29.8 Å². The van der Waals surface area contributed by atoms with Gasteiger partial charge < -0.3 is 10.1 Å². The molecule has 4 nitrogen and oxygen atoms in total. The van der Waals surface area contributed by atoms with Crippen LogP contribution in [0.3, 0.4) is 0 Å². The average molecular weight is 299 g/mol. The van der Waals surface area contributed by atoms with Crippen LogP contribution in [0.25, 0.3) is 0 Å². The Kier molecular flexibility index (Phi) is 5.59. The van der Waals surface area contributed by atoms with Crippen LogP contribution in [0.1, 0.15) is 39.3 Å². The quantitative estimate of drug-likeness (QED) is 0.877. The fourth-order valence-electron chi connectivity index (χ4n) is 1.83. The molecule has 20 heavy (non-hydrogen) atoms. The summed E-state index contributed by atoms with van der Waals surface area (Å²) >= 11 is 0. The van der Waals surface area contributed by atoms with Gasteiger partial charge in [-0.05, 0) is 45.0 Å². The smallest absolute Gasteiger partial charge is 0.157 e. The third kappa shape index (κ3) is 4.21. The Morgan fingerprint density at radius 2 is 1.75 bits per heavy atom. The lowest BCUT2D eigenvalue weighted by Gasteiger charge is -2.25. The highest BCUT2D eigenvalue weighted by Gasteiger charge is 2.31. The molecule has 114 valence electrons. The fourth-order valence-corrected chi connectivity index (χ4v) is 3.07. The van der Waals surface area contributed by atoms with Crippen LogP contribution in [0.15, 0.2) is 24.3 Å². The van der Waals surface area contributed by atoms with Crippen molar-refractivity contribution in [2.75, 3.05) is 19.4 Å². The Morgan fingerprint density at radius 3 is 2.15 bits per heavy atom. The van der Waals surface area contributed by atoms with Crippen LogP contribution in [0.5, 0.6) is 5.75 Å². The second-order valence-corrected chi connectivity index (χ2v) is 8.56. The van der Waals surface area contributed by atoms with E-state index in [2.05, 4.69) is 5.32 Å². The second-order valence-electron chi connectivity index (χ2n) is 5.78. The highest BCUT2D eigenvalue weighted by atomic mass is 32.2. The minimum Gasteiger partial charge on any atom is -0.497 e. The average Bonchev–Trinajstić information content (AvgIpc) is 2.37. The van der Waals surface area contributed by atoms with E-state index < -0.39 is 14.6 Å². The van der Waals surface area contributed by atoms with Gasteiger partial charge in [0.05, 0.1) is 17.6 Å². The molecule has 1 aromatic carbocycles. The molecule has 1 unspecified atom stereocenters. The molecule has 0 fully saturated rings. The van der Waals surface area contributed by atoms with E-state index in [1.165, 1.54) is 0 Å². The molecule has 0 aliphatic heterocycles. The van der Waals surface area contributed by atoms with Crippen molar-refractivity contribution in [2.45, 2.75) is 38.5 Å². The number of ether oxygens (including phenoxy) is 1. The lowest BCUT2D eigenvalue weighted by molar-refractivity contribution is 0.414. The number of nitrogens with one attached hydrogen (secondary N) is 1. The normalized spacial score (nSPS) is 14.1. The van der Waals surface area contributed by atoms with E-state index in [4.69, 9.17) is 4.74 Å². The lowest BCUT2D eigenvalue weighted by Crippen LogP contribution is -2.36. The van der Waals surface area contributed by atoms with E-state index >= 15 is 0 Å². The van der Waals surface area contributed by atoms with Gasteiger partial charge in [-0.2, -0.15) is 0 Å². The van der Waals surface area contributed by atoms with Gasteiger partial charge in [0.1, 0.15) is 5.75 Å². The summed E-state index contributed by atoms with van der Waals surface area (Å²) in [5.74, 6) is 0.860. The molecule has 0 aromatic heterocycles. The monoisotopic (exact) mass is 299 g/mol. The van der Waals surface area contributed by atoms with Crippen LogP contribution >= 0.6 is 0 Å². The number of rotatable bonds is 6.